The molecular weight excluding hydrogens is 328 g/mol. The summed E-state index contributed by atoms with van der Waals surface area (Å²) in [6, 6.07) is 2.17. The second-order valence-corrected chi connectivity index (χ2v) is 7.56. The van der Waals surface area contributed by atoms with Crippen molar-refractivity contribution in [2.75, 3.05) is 18.8 Å². The van der Waals surface area contributed by atoms with Gasteiger partial charge in [-0.1, -0.05) is 11.8 Å². The van der Waals surface area contributed by atoms with E-state index in [1.165, 1.54) is 22.2 Å². The highest BCUT2D eigenvalue weighted by atomic mass is 32.2. The largest absolute Gasteiger partial charge is 0.341 e. The molecule has 2 heterocycles. The van der Waals surface area contributed by atoms with Crippen molar-refractivity contribution < 1.29 is 4.79 Å². The molecule has 0 aliphatic heterocycles. The number of carbonyl (C=O) groups is 1. The van der Waals surface area contributed by atoms with Gasteiger partial charge in [0.05, 0.1) is 17.7 Å². The van der Waals surface area contributed by atoms with Crippen molar-refractivity contribution in [1.82, 2.24) is 14.9 Å². The van der Waals surface area contributed by atoms with Gasteiger partial charge in [0, 0.05) is 23.4 Å². The van der Waals surface area contributed by atoms with Crippen LogP contribution in [0, 0.1) is 31.1 Å². The fourth-order valence-corrected chi connectivity index (χ4v) is 4.28. The molecule has 0 radical (unpaired) electrons. The van der Waals surface area contributed by atoms with Crippen molar-refractivity contribution in [2.45, 2.75) is 32.7 Å². The van der Waals surface area contributed by atoms with E-state index in [1.807, 2.05) is 13.8 Å². The number of fused-ring (bicyclic) bond motifs is 1. The first-order chi connectivity index (χ1) is 11.0. The smallest absolute Gasteiger partial charge is 0.233 e. The van der Waals surface area contributed by atoms with E-state index in [0.717, 1.165) is 15.2 Å². The Morgan fingerprint density at radius 2 is 2.22 bits per heavy atom. The van der Waals surface area contributed by atoms with Crippen molar-refractivity contribution in [3.63, 3.8) is 0 Å². The lowest BCUT2D eigenvalue weighted by atomic mass is 10.2. The van der Waals surface area contributed by atoms with Gasteiger partial charge in [-0.25, -0.2) is 9.97 Å². The number of hydrogen-bond acceptors (Lipinski definition) is 6. The fourth-order valence-electron chi connectivity index (χ4n) is 2.26. The SMILES string of the molecule is CCN(CC(C)C#N)C(=O)CSc1ncnc2sc(C)c(C)c12. The Morgan fingerprint density at radius 1 is 1.48 bits per heavy atom. The van der Waals surface area contributed by atoms with Crippen molar-refractivity contribution in [3.05, 3.63) is 16.8 Å². The summed E-state index contributed by atoms with van der Waals surface area (Å²) in [7, 11) is 0. The highest BCUT2D eigenvalue weighted by molar-refractivity contribution is 8.00. The molecule has 122 valence electrons. The monoisotopic (exact) mass is 348 g/mol. The molecule has 0 aliphatic carbocycles. The summed E-state index contributed by atoms with van der Waals surface area (Å²) in [6.45, 7) is 8.99. The molecule has 5 nitrogen and oxygen atoms in total. The Kier molecular flexibility index (Phi) is 5.97. The molecule has 1 atom stereocenters. The second kappa shape index (κ2) is 7.75. The molecule has 2 aromatic heterocycles. The van der Waals surface area contributed by atoms with E-state index in [4.69, 9.17) is 5.26 Å². The van der Waals surface area contributed by atoms with Gasteiger partial charge in [0.1, 0.15) is 16.2 Å². The van der Waals surface area contributed by atoms with Gasteiger partial charge in [0.25, 0.3) is 0 Å². The van der Waals surface area contributed by atoms with Crippen LogP contribution in [0.3, 0.4) is 0 Å². The van der Waals surface area contributed by atoms with E-state index in [2.05, 4.69) is 29.9 Å². The first-order valence-electron chi connectivity index (χ1n) is 7.48. The van der Waals surface area contributed by atoms with Crippen LogP contribution in [0.4, 0.5) is 0 Å². The number of amides is 1. The Bertz CT molecular complexity index is 750. The first kappa shape index (κ1) is 17.7. The molecule has 2 rings (SSSR count). The number of carbonyl (C=O) groups excluding carboxylic acids is 1. The Hall–Kier alpha value is -1.65. The summed E-state index contributed by atoms with van der Waals surface area (Å²) in [4.78, 5) is 25.0. The minimum absolute atomic E-state index is 0.0379. The van der Waals surface area contributed by atoms with Crippen molar-refractivity contribution in [3.8, 4) is 6.07 Å². The third kappa shape index (κ3) is 4.01. The number of rotatable bonds is 6. The molecule has 23 heavy (non-hydrogen) atoms. The highest BCUT2D eigenvalue weighted by Crippen LogP contribution is 2.34. The molecule has 7 heteroatoms. The molecule has 0 fully saturated rings. The van der Waals surface area contributed by atoms with Gasteiger partial charge >= 0.3 is 0 Å². The standard InChI is InChI=1S/C16H20N4OS2/c1-5-20(7-10(2)6-17)13(21)8-22-15-14-11(3)12(4)23-16(14)19-9-18-15/h9-10H,5,7-8H2,1-4H3. The van der Waals surface area contributed by atoms with Crippen molar-refractivity contribution >= 4 is 39.2 Å². The van der Waals surface area contributed by atoms with Crippen molar-refractivity contribution in [2.24, 2.45) is 5.92 Å². The lowest BCUT2D eigenvalue weighted by Crippen LogP contribution is -2.35. The second-order valence-electron chi connectivity index (χ2n) is 5.39. The lowest BCUT2D eigenvalue weighted by molar-refractivity contribution is -0.128. The van der Waals surface area contributed by atoms with E-state index in [1.54, 1.807) is 22.6 Å². The predicted molar refractivity (Wildman–Crippen MR) is 94.6 cm³/mol. The number of hydrogen-bond donors (Lipinski definition) is 0. The molecule has 2 aromatic rings. The van der Waals surface area contributed by atoms with E-state index in [-0.39, 0.29) is 11.8 Å². The number of aryl methyl sites for hydroxylation is 2. The van der Waals surface area contributed by atoms with Crippen molar-refractivity contribution in [1.29, 1.82) is 5.26 Å². The summed E-state index contributed by atoms with van der Waals surface area (Å²) < 4.78 is 0. The zero-order chi connectivity index (χ0) is 17.0. The number of aromatic nitrogens is 2. The molecule has 1 unspecified atom stereocenters. The molecule has 0 bridgehead atoms. The average Bonchev–Trinajstić information content (AvgIpc) is 2.85. The summed E-state index contributed by atoms with van der Waals surface area (Å²) in [6.07, 6.45) is 1.56. The normalized spacial score (nSPS) is 12.1. The molecular formula is C16H20N4OS2. The Labute approximate surface area is 144 Å². The molecule has 1 amide bonds. The maximum absolute atomic E-state index is 12.4. The first-order valence-corrected chi connectivity index (χ1v) is 9.29. The number of nitriles is 1. The van der Waals surface area contributed by atoms with Crippen LogP contribution in [0.1, 0.15) is 24.3 Å². The molecule has 0 aromatic carbocycles. The molecule has 0 N–H and O–H groups in total. The predicted octanol–water partition coefficient (Wildman–Crippen LogP) is 3.41. The molecule has 0 saturated heterocycles. The van der Waals surface area contributed by atoms with Crippen LogP contribution in [0.15, 0.2) is 11.4 Å². The third-order valence-corrected chi connectivity index (χ3v) is 5.80. The molecule has 0 aliphatic rings. The Morgan fingerprint density at radius 3 is 2.87 bits per heavy atom. The van der Waals surface area contributed by atoms with Crippen LogP contribution in [-0.4, -0.2) is 39.6 Å². The Balaban J connectivity index is 2.11. The van der Waals surface area contributed by atoms with Crippen LogP contribution in [0.2, 0.25) is 0 Å². The lowest BCUT2D eigenvalue weighted by Gasteiger charge is -2.21. The van der Waals surface area contributed by atoms with Crippen LogP contribution in [0.5, 0.6) is 0 Å². The van der Waals surface area contributed by atoms with E-state index in [9.17, 15) is 4.79 Å². The summed E-state index contributed by atoms with van der Waals surface area (Å²) in [5.74, 6) is 0.208. The molecule has 0 saturated carbocycles. The average molecular weight is 348 g/mol. The summed E-state index contributed by atoms with van der Waals surface area (Å²) in [5.41, 5.74) is 1.19. The van der Waals surface area contributed by atoms with Gasteiger partial charge in [-0.2, -0.15) is 5.26 Å². The van der Waals surface area contributed by atoms with Gasteiger partial charge < -0.3 is 4.90 Å². The number of thioether (sulfide) groups is 1. The third-order valence-electron chi connectivity index (χ3n) is 3.71. The van der Waals surface area contributed by atoms with Gasteiger partial charge in [0.15, 0.2) is 0 Å². The maximum atomic E-state index is 12.4. The maximum Gasteiger partial charge on any atom is 0.233 e. The zero-order valence-electron chi connectivity index (χ0n) is 13.8. The minimum atomic E-state index is -0.156. The zero-order valence-corrected chi connectivity index (χ0v) is 15.4. The highest BCUT2D eigenvalue weighted by Gasteiger charge is 2.17. The van der Waals surface area contributed by atoms with Gasteiger partial charge in [-0.3, -0.25) is 4.79 Å². The van der Waals surface area contributed by atoms with Crippen LogP contribution in [-0.2, 0) is 4.79 Å². The van der Waals surface area contributed by atoms with Crippen LogP contribution in [0.25, 0.3) is 10.2 Å². The van der Waals surface area contributed by atoms with Crippen LogP contribution < -0.4 is 0 Å². The van der Waals surface area contributed by atoms with E-state index < -0.39 is 0 Å². The van der Waals surface area contributed by atoms with E-state index >= 15 is 0 Å². The van der Waals surface area contributed by atoms with E-state index in [0.29, 0.717) is 18.8 Å². The number of thiophene rings is 1. The quantitative estimate of drug-likeness (QED) is 0.591. The van der Waals surface area contributed by atoms with Gasteiger partial charge in [-0.05, 0) is 33.3 Å². The minimum Gasteiger partial charge on any atom is -0.341 e. The van der Waals surface area contributed by atoms with Gasteiger partial charge in [0.2, 0.25) is 5.91 Å². The van der Waals surface area contributed by atoms with Crippen LogP contribution >= 0.6 is 23.1 Å². The fraction of sp³-hybridized carbons (Fsp3) is 0.500. The van der Waals surface area contributed by atoms with Gasteiger partial charge in [-0.15, -0.1) is 11.3 Å². The molecule has 0 spiro atoms. The summed E-state index contributed by atoms with van der Waals surface area (Å²) >= 11 is 3.10. The summed E-state index contributed by atoms with van der Waals surface area (Å²) in [5, 5.41) is 10.8. The topological polar surface area (TPSA) is 69.9 Å². The number of nitrogens with zero attached hydrogens (tertiary/aromatic N) is 4.